The molecule has 4 rings (SSSR count). The number of hydrogen-bond donors (Lipinski definition) is 1. The van der Waals surface area contributed by atoms with E-state index in [-0.39, 0.29) is 30.0 Å². The Morgan fingerprint density at radius 3 is 2.59 bits per heavy atom. The van der Waals surface area contributed by atoms with Gasteiger partial charge in [-0.05, 0) is 64.0 Å². The fraction of sp³-hybridized carbons (Fsp3) is 0.452. The van der Waals surface area contributed by atoms with Gasteiger partial charge in [-0.3, -0.25) is 4.79 Å². The van der Waals surface area contributed by atoms with Gasteiger partial charge in [-0.1, -0.05) is 49.8 Å². The van der Waals surface area contributed by atoms with Crippen LogP contribution in [0, 0.1) is 5.82 Å². The Labute approximate surface area is 219 Å². The molecule has 1 N–H and O–H groups in total. The standard InChI is InChI=1S/C31H39FN2O3/c1-6-7-18-33-29(35)20-25-19-24(36-31(4,5)37-25)16-17-28-30(22-12-14-23(32)15-13-22)26-10-8-9-11-27(26)34(28)21(2)3/h8-17,21,24-25H,6-7,18-20H2,1-5H3,(H,33,35)/b17-16+/t24-,25-/m1/s1. The topological polar surface area (TPSA) is 52.5 Å². The number of fused-ring (bicyclic) bond motifs is 1. The lowest BCUT2D eigenvalue weighted by Crippen LogP contribution is -2.45. The Kier molecular flexibility index (Phi) is 8.50. The molecule has 5 nitrogen and oxygen atoms in total. The molecule has 1 fully saturated rings. The summed E-state index contributed by atoms with van der Waals surface area (Å²) in [4.78, 5) is 12.4. The van der Waals surface area contributed by atoms with Gasteiger partial charge in [0.1, 0.15) is 5.82 Å². The first kappa shape index (κ1) is 27.1. The Balaban J connectivity index is 1.66. The average Bonchev–Trinajstić information content (AvgIpc) is 3.17. The van der Waals surface area contributed by atoms with Gasteiger partial charge >= 0.3 is 0 Å². The zero-order valence-electron chi connectivity index (χ0n) is 22.6. The lowest BCUT2D eigenvalue weighted by atomic mass is 10.00. The van der Waals surface area contributed by atoms with Crippen LogP contribution in [-0.2, 0) is 14.3 Å². The van der Waals surface area contributed by atoms with Gasteiger partial charge < -0.3 is 19.4 Å². The van der Waals surface area contributed by atoms with Crippen molar-refractivity contribution in [3.63, 3.8) is 0 Å². The van der Waals surface area contributed by atoms with Crippen LogP contribution < -0.4 is 5.32 Å². The summed E-state index contributed by atoms with van der Waals surface area (Å²) < 4.78 is 28.4. The van der Waals surface area contributed by atoms with Crippen molar-refractivity contribution in [3.8, 4) is 11.1 Å². The first-order valence-electron chi connectivity index (χ1n) is 13.4. The lowest BCUT2D eigenvalue weighted by Gasteiger charge is -2.39. The number of halogens is 1. The number of aromatic nitrogens is 1. The van der Waals surface area contributed by atoms with E-state index in [1.165, 1.54) is 12.1 Å². The number of benzene rings is 2. The molecule has 1 aliphatic heterocycles. The molecule has 0 unspecified atom stereocenters. The van der Waals surface area contributed by atoms with E-state index < -0.39 is 5.79 Å². The molecule has 0 radical (unpaired) electrons. The van der Waals surface area contributed by atoms with E-state index in [0.29, 0.717) is 19.4 Å². The molecule has 2 heterocycles. The predicted octanol–water partition coefficient (Wildman–Crippen LogP) is 7.26. The molecular weight excluding hydrogens is 467 g/mol. The Morgan fingerprint density at radius 2 is 1.89 bits per heavy atom. The third-order valence-electron chi connectivity index (χ3n) is 6.71. The van der Waals surface area contributed by atoms with Gasteiger partial charge in [-0.2, -0.15) is 0 Å². The summed E-state index contributed by atoms with van der Waals surface area (Å²) >= 11 is 0. The number of rotatable bonds is 9. The van der Waals surface area contributed by atoms with E-state index in [4.69, 9.17) is 9.47 Å². The molecule has 6 heteroatoms. The average molecular weight is 507 g/mol. The van der Waals surface area contributed by atoms with Crippen LogP contribution in [0.1, 0.15) is 72.0 Å². The maximum Gasteiger partial charge on any atom is 0.222 e. The maximum atomic E-state index is 13.8. The van der Waals surface area contributed by atoms with E-state index in [1.807, 2.05) is 38.1 Å². The molecule has 0 bridgehead atoms. The van der Waals surface area contributed by atoms with Gasteiger partial charge in [0.15, 0.2) is 5.79 Å². The zero-order chi connectivity index (χ0) is 26.6. The van der Waals surface area contributed by atoms with Crippen LogP contribution in [0.15, 0.2) is 54.6 Å². The second kappa shape index (κ2) is 11.6. The molecule has 1 aliphatic rings. The molecule has 1 amide bonds. The summed E-state index contributed by atoms with van der Waals surface area (Å²) in [5.41, 5.74) is 4.21. The fourth-order valence-corrected chi connectivity index (χ4v) is 5.20. The van der Waals surface area contributed by atoms with Crippen molar-refractivity contribution in [1.82, 2.24) is 9.88 Å². The van der Waals surface area contributed by atoms with Gasteiger partial charge in [0.2, 0.25) is 5.91 Å². The van der Waals surface area contributed by atoms with Crippen LogP contribution in [0.3, 0.4) is 0 Å². The monoisotopic (exact) mass is 506 g/mol. The highest BCUT2D eigenvalue weighted by Crippen LogP contribution is 2.38. The molecule has 0 spiro atoms. The van der Waals surface area contributed by atoms with Crippen molar-refractivity contribution in [2.24, 2.45) is 0 Å². The van der Waals surface area contributed by atoms with Gasteiger partial charge in [0.25, 0.3) is 0 Å². The van der Waals surface area contributed by atoms with Gasteiger partial charge in [-0.25, -0.2) is 4.39 Å². The summed E-state index contributed by atoms with van der Waals surface area (Å²) in [6, 6.07) is 15.2. The van der Waals surface area contributed by atoms with Gasteiger partial charge in [-0.15, -0.1) is 0 Å². The van der Waals surface area contributed by atoms with E-state index in [2.05, 4.69) is 54.9 Å². The summed E-state index contributed by atoms with van der Waals surface area (Å²) in [7, 11) is 0. The number of hydrogen-bond acceptors (Lipinski definition) is 3. The van der Waals surface area contributed by atoms with E-state index in [9.17, 15) is 9.18 Å². The number of nitrogens with zero attached hydrogens (tertiary/aromatic N) is 1. The molecule has 0 saturated carbocycles. The third-order valence-corrected chi connectivity index (χ3v) is 6.71. The first-order valence-corrected chi connectivity index (χ1v) is 13.4. The van der Waals surface area contributed by atoms with Crippen molar-refractivity contribution >= 4 is 22.9 Å². The van der Waals surface area contributed by atoms with Crippen LogP contribution in [0.5, 0.6) is 0 Å². The van der Waals surface area contributed by atoms with E-state index in [1.54, 1.807) is 0 Å². The molecular formula is C31H39FN2O3. The second-order valence-corrected chi connectivity index (χ2v) is 10.5. The van der Waals surface area contributed by atoms with Crippen LogP contribution in [0.25, 0.3) is 28.1 Å². The van der Waals surface area contributed by atoms with Crippen molar-refractivity contribution in [2.75, 3.05) is 6.54 Å². The second-order valence-electron chi connectivity index (χ2n) is 10.5. The minimum atomic E-state index is -0.799. The summed E-state index contributed by atoms with van der Waals surface area (Å²) in [6.45, 7) is 10.9. The van der Waals surface area contributed by atoms with E-state index >= 15 is 0 Å². The van der Waals surface area contributed by atoms with Crippen LogP contribution >= 0.6 is 0 Å². The van der Waals surface area contributed by atoms with Gasteiger partial charge in [0.05, 0.1) is 18.6 Å². The molecule has 0 aliphatic carbocycles. The van der Waals surface area contributed by atoms with Crippen LogP contribution in [0.4, 0.5) is 4.39 Å². The van der Waals surface area contributed by atoms with Crippen molar-refractivity contribution < 1.29 is 18.7 Å². The lowest BCUT2D eigenvalue weighted by molar-refractivity contribution is -0.289. The summed E-state index contributed by atoms with van der Waals surface area (Å²) in [6.07, 6.45) is 6.67. The minimum absolute atomic E-state index is 0.0115. The Bertz CT molecular complexity index is 1240. The number of para-hydroxylation sites is 1. The smallest absolute Gasteiger partial charge is 0.222 e. The Hall–Kier alpha value is -2.96. The number of carbonyl (C=O) groups excluding carboxylic acids is 1. The number of carbonyl (C=O) groups is 1. The van der Waals surface area contributed by atoms with E-state index in [0.717, 1.165) is 40.6 Å². The summed E-state index contributed by atoms with van der Waals surface area (Å²) in [5.74, 6) is -1.04. The highest BCUT2D eigenvalue weighted by atomic mass is 19.1. The largest absolute Gasteiger partial charge is 0.356 e. The van der Waals surface area contributed by atoms with Crippen molar-refractivity contribution in [2.45, 2.75) is 84.3 Å². The number of unbranched alkanes of at least 4 members (excludes halogenated alkanes) is 1. The minimum Gasteiger partial charge on any atom is -0.356 e. The van der Waals surface area contributed by atoms with Crippen molar-refractivity contribution in [3.05, 3.63) is 66.1 Å². The molecule has 2 atom stereocenters. The number of nitrogens with one attached hydrogen (secondary N) is 1. The SMILES string of the molecule is CCCCNC(=O)C[C@H]1C[C@@H](/C=C/c2c(-c3ccc(F)cc3)c3ccccc3n2C(C)C)OC(C)(C)O1. The van der Waals surface area contributed by atoms with Crippen LogP contribution in [0.2, 0.25) is 0 Å². The predicted molar refractivity (Wildman–Crippen MR) is 148 cm³/mol. The maximum absolute atomic E-state index is 13.8. The molecule has 1 saturated heterocycles. The first-order chi connectivity index (χ1) is 17.7. The highest BCUT2D eigenvalue weighted by Gasteiger charge is 2.35. The molecule has 198 valence electrons. The number of ether oxygens (including phenoxy) is 2. The highest BCUT2D eigenvalue weighted by molar-refractivity contribution is 6.01. The molecule has 37 heavy (non-hydrogen) atoms. The summed E-state index contributed by atoms with van der Waals surface area (Å²) in [5, 5.41) is 4.11. The van der Waals surface area contributed by atoms with Crippen molar-refractivity contribution in [1.29, 1.82) is 0 Å². The third kappa shape index (κ3) is 6.49. The molecule has 1 aromatic heterocycles. The normalized spacial score (nSPS) is 19.6. The molecule has 3 aromatic rings. The Morgan fingerprint density at radius 1 is 1.16 bits per heavy atom. The number of amides is 1. The molecule has 2 aromatic carbocycles. The fourth-order valence-electron chi connectivity index (χ4n) is 5.20. The quantitative estimate of drug-likeness (QED) is 0.311. The zero-order valence-corrected chi connectivity index (χ0v) is 22.6. The van der Waals surface area contributed by atoms with Crippen LogP contribution in [-0.4, -0.2) is 35.0 Å². The van der Waals surface area contributed by atoms with Gasteiger partial charge in [0, 0.05) is 41.2 Å².